The van der Waals surface area contributed by atoms with Crippen LogP contribution in [0.15, 0.2) is 18.2 Å². The van der Waals surface area contributed by atoms with E-state index in [9.17, 15) is 13.2 Å². The minimum atomic E-state index is -4.54. The molecule has 0 spiro atoms. The van der Waals surface area contributed by atoms with Crippen LogP contribution in [0.1, 0.15) is 22.5 Å². The Balaban J connectivity index is 2.62. The van der Waals surface area contributed by atoms with Crippen LogP contribution >= 0.6 is 0 Å². The van der Waals surface area contributed by atoms with Crippen LogP contribution in [0.5, 0.6) is 0 Å². The zero-order chi connectivity index (χ0) is 14.2. The highest BCUT2D eigenvalue weighted by atomic mass is 19.4. The standard InChI is InChI=1S/C12H13F3N4/c1-7-3-4-9(5-8(7)2)19-11(12(13,14)15)10(6-16)17-18-19/h3-5H,6,16H2,1-2H3. The van der Waals surface area contributed by atoms with Crippen molar-refractivity contribution in [2.24, 2.45) is 5.73 Å². The molecule has 0 fully saturated rings. The Labute approximate surface area is 108 Å². The first-order valence-corrected chi connectivity index (χ1v) is 5.64. The zero-order valence-corrected chi connectivity index (χ0v) is 10.5. The normalized spacial score (nSPS) is 11.9. The van der Waals surface area contributed by atoms with Crippen molar-refractivity contribution in [1.29, 1.82) is 0 Å². The molecule has 1 aromatic carbocycles. The lowest BCUT2D eigenvalue weighted by Gasteiger charge is -2.11. The second-order valence-electron chi connectivity index (χ2n) is 4.27. The molecular formula is C12H13F3N4. The van der Waals surface area contributed by atoms with Crippen molar-refractivity contribution in [2.75, 3.05) is 0 Å². The van der Waals surface area contributed by atoms with Crippen LogP contribution in [0.2, 0.25) is 0 Å². The lowest BCUT2D eigenvalue weighted by Crippen LogP contribution is -2.17. The molecule has 0 bridgehead atoms. The number of hydrogen-bond acceptors (Lipinski definition) is 3. The van der Waals surface area contributed by atoms with E-state index in [1.165, 1.54) is 0 Å². The molecule has 0 saturated heterocycles. The van der Waals surface area contributed by atoms with E-state index < -0.39 is 11.9 Å². The molecule has 2 aromatic rings. The van der Waals surface area contributed by atoms with Crippen molar-refractivity contribution in [1.82, 2.24) is 15.0 Å². The number of halogens is 3. The SMILES string of the molecule is Cc1ccc(-n2nnc(CN)c2C(F)(F)F)cc1C. The van der Waals surface area contributed by atoms with Gasteiger partial charge in [0.2, 0.25) is 0 Å². The Morgan fingerprint density at radius 1 is 1.21 bits per heavy atom. The van der Waals surface area contributed by atoms with Crippen LogP contribution in [0.3, 0.4) is 0 Å². The van der Waals surface area contributed by atoms with E-state index in [1.807, 2.05) is 13.8 Å². The third kappa shape index (κ3) is 2.46. The van der Waals surface area contributed by atoms with Gasteiger partial charge in [0, 0.05) is 6.54 Å². The Morgan fingerprint density at radius 2 is 1.89 bits per heavy atom. The van der Waals surface area contributed by atoms with Gasteiger partial charge < -0.3 is 5.73 Å². The van der Waals surface area contributed by atoms with Gasteiger partial charge in [-0.25, -0.2) is 4.68 Å². The zero-order valence-electron chi connectivity index (χ0n) is 10.5. The van der Waals surface area contributed by atoms with Gasteiger partial charge in [-0.1, -0.05) is 11.3 Å². The van der Waals surface area contributed by atoms with Gasteiger partial charge in [0.1, 0.15) is 5.69 Å². The van der Waals surface area contributed by atoms with Crippen LogP contribution in [0, 0.1) is 13.8 Å². The maximum Gasteiger partial charge on any atom is 0.435 e. The summed E-state index contributed by atoms with van der Waals surface area (Å²) in [5.74, 6) is 0. The summed E-state index contributed by atoms with van der Waals surface area (Å²) in [5, 5.41) is 7.06. The average Bonchev–Trinajstić information content (AvgIpc) is 2.76. The molecule has 0 radical (unpaired) electrons. The van der Waals surface area contributed by atoms with E-state index >= 15 is 0 Å². The van der Waals surface area contributed by atoms with Gasteiger partial charge in [-0.2, -0.15) is 13.2 Å². The summed E-state index contributed by atoms with van der Waals surface area (Å²) in [6, 6.07) is 4.96. The molecule has 0 aliphatic heterocycles. The minimum Gasteiger partial charge on any atom is -0.325 e. The number of nitrogens with zero attached hydrogens (tertiary/aromatic N) is 3. The summed E-state index contributed by atoms with van der Waals surface area (Å²) in [6.45, 7) is 3.41. The molecule has 7 heteroatoms. The third-order valence-electron chi connectivity index (χ3n) is 2.94. The molecule has 4 nitrogen and oxygen atoms in total. The fourth-order valence-electron chi connectivity index (χ4n) is 1.77. The molecule has 1 heterocycles. The van der Waals surface area contributed by atoms with Crippen molar-refractivity contribution in [3.63, 3.8) is 0 Å². The molecule has 19 heavy (non-hydrogen) atoms. The molecule has 0 atom stereocenters. The smallest absolute Gasteiger partial charge is 0.325 e. The number of aryl methyl sites for hydroxylation is 2. The van der Waals surface area contributed by atoms with Gasteiger partial charge in [0.15, 0.2) is 5.69 Å². The molecule has 2 rings (SSSR count). The Morgan fingerprint density at radius 3 is 2.42 bits per heavy atom. The molecule has 0 unspecified atom stereocenters. The predicted molar refractivity (Wildman–Crippen MR) is 63.7 cm³/mol. The molecule has 1 aromatic heterocycles. The molecule has 102 valence electrons. The van der Waals surface area contributed by atoms with Gasteiger partial charge >= 0.3 is 6.18 Å². The van der Waals surface area contributed by atoms with Crippen LogP contribution in [0.4, 0.5) is 13.2 Å². The molecule has 0 aliphatic rings. The topological polar surface area (TPSA) is 56.7 Å². The molecular weight excluding hydrogens is 257 g/mol. The van der Waals surface area contributed by atoms with E-state index in [1.54, 1.807) is 18.2 Å². The Kier molecular flexibility index (Phi) is 3.32. The Hall–Kier alpha value is -1.89. The quantitative estimate of drug-likeness (QED) is 0.911. The highest BCUT2D eigenvalue weighted by Crippen LogP contribution is 2.32. The number of nitrogens with two attached hydrogens (primary N) is 1. The average molecular weight is 270 g/mol. The fraction of sp³-hybridized carbons (Fsp3) is 0.333. The van der Waals surface area contributed by atoms with E-state index in [-0.39, 0.29) is 12.2 Å². The number of alkyl halides is 3. The summed E-state index contributed by atoms with van der Waals surface area (Å²) in [6.07, 6.45) is -4.54. The number of rotatable bonds is 2. The van der Waals surface area contributed by atoms with Crippen LogP contribution in [-0.4, -0.2) is 15.0 Å². The summed E-state index contributed by atoms with van der Waals surface area (Å²) >= 11 is 0. The maximum atomic E-state index is 13.0. The van der Waals surface area contributed by atoms with E-state index in [0.29, 0.717) is 5.69 Å². The largest absolute Gasteiger partial charge is 0.435 e. The van der Waals surface area contributed by atoms with Crippen molar-refractivity contribution >= 4 is 0 Å². The predicted octanol–water partition coefficient (Wildman–Crippen LogP) is 2.36. The Bertz CT molecular complexity index is 602. The first kappa shape index (κ1) is 13.5. The molecule has 0 saturated carbocycles. The summed E-state index contributed by atoms with van der Waals surface area (Å²) < 4.78 is 39.9. The van der Waals surface area contributed by atoms with E-state index in [2.05, 4.69) is 10.3 Å². The second-order valence-corrected chi connectivity index (χ2v) is 4.27. The van der Waals surface area contributed by atoms with Crippen molar-refractivity contribution in [3.8, 4) is 5.69 Å². The lowest BCUT2D eigenvalue weighted by atomic mass is 10.1. The first-order valence-electron chi connectivity index (χ1n) is 5.64. The van der Waals surface area contributed by atoms with Gasteiger partial charge in [0.05, 0.1) is 5.69 Å². The summed E-state index contributed by atoms with van der Waals surface area (Å²) in [4.78, 5) is 0. The van der Waals surface area contributed by atoms with Crippen LogP contribution in [0.25, 0.3) is 5.69 Å². The van der Waals surface area contributed by atoms with Gasteiger partial charge in [0.25, 0.3) is 0 Å². The summed E-state index contributed by atoms with van der Waals surface area (Å²) in [7, 11) is 0. The van der Waals surface area contributed by atoms with Crippen LogP contribution in [-0.2, 0) is 12.7 Å². The fourth-order valence-corrected chi connectivity index (χ4v) is 1.77. The lowest BCUT2D eigenvalue weighted by molar-refractivity contribution is -0.143. The number of benzene rings is 1. The number of aromatic nitrogens is 3. The van der Waals surface area contributed by atoms with E-state index in [0.717, 1.165) is 15.8 Å². The second kappa shape index (κ2) is 4.65. The minimum absolute atomic E-state index is 0.259. The molecule has 2 N–H and O–H groups in total. The molecule has 0 amide bonds. The molecule has 0 aliphatic carbocycles. The first-order chi connectivity index (χ1) is 8.84. The third-order valence-corrected chi connectivity index (χ3v) is 2.94. The van der Waals surface area contributed by atoms with Crippen LogP contribution < -0.4 is 5.73 Å². The van der Waals surface area contributed by atoms with Gasteiger partial charge in [-0.15, -0.1) is 5.10 Å². The van der Waals surface area contributed by atoms with Crippen molar-refractivity contribution in [2.45, 2.75) is 26.6 Å². The monoisotopic (exact) mass is 270 g/mol. The van der Waals surface area contributed by atoms with Gasteiger partial charge in [-0.3, -0.25) is 0 Å². The number of hydrogen-bond donors (Lipinski definition) is 1. The highest BCUT2D eigenvalue weighted by Gasteiger charge is 2.39. The van der Waals surface area contributed by atoms with Crippen molar-refractivity contribution < 1.29 is 13.2 Å². The van der Waals surface area contributed by atoms with Crippen molar-refractivity contribution in [3.05, 3.63) is 40.7 Å². The summed E-state index contributed by atoms with van der Waals surface area (Å²) in [5.41, 5.74) is 6.30. The van der Waals surface area contributed by atoms with Gasteiger partial charge in [-0.05, 0) is 37.1 Å². The highest BCUT2D eigenvalue weighted by molar-refractivity contribution is 5.40. The maximum absolute atomic E-state index is 13.0. The van der Waals surface area contributed by atoms with E-state index in [4.69, 9.17) is 5.73 Å².